The number of nitrogen functional groups attached to an aromatic ring is 2. The summed E-state index contributed by atoms with van der Waals surface area (Å²) < 4.78 is 0. The van der Waals surface area contributed by atoms with E-state index in [-0.39, 0.29) is 28.6 Å². The molecule has 7 nitrogen and oxygen atoms in total. The van der Waals surface area contributed by atoms with Crippen LogP contribution in [0.1, 0.15) is 15.9 Å². The maximum absolute atomic E-state index is 10.8. The lowest BCUT2D eigenvalue weighted by Crippen LogP contribution is -2.04. The average molecular weight is 331 g/mol. The van der Waals surface area contributed by atoms with Gasteiger partial charge < -0.3 is 16.6 Å². The molecule has 0 amide bonds. The van der Waals surface area contributed by atoms with Crippen molar-refractivity contribution in [3.63, 3.8) is 0 Å². The van der Waals surface area contributed by atoms with Crippen molar-refractivity contribution in [2.45, 2.75) is 0 Å². The maximum Gasteiger partial charge on any atom is 0.222 e. The molecule has 0 bridgehead atoms. The van der Waals surface area contributed by atoms with Crippen molar-refractivity contribution in [3.05, 3.63) is 53.6 Å². The minimum atomic E-state index is -0.0836. The normalized spacial score (nSPS) is 10.2. The molecule has 0 aliphatic heterocycles. The monoisotopic (exact) mass is 331 g/mol. The lowest BCUT2D eigenvalue weighted by atomic mass is 10.00. The van der Waals surface area contributed by atoms with Gasteiger partial charge in [0.15, 0.2) is 6.29 Å². The average Bonchev–Trinajstić information content (AvgIpc) is 2.61. The summed E-state index contributed by atoms with van der Waals surface area (Å²) in [6, 6.07) is 13.9. The number of aldehydes is 1. The van der Waals surface area contributed by atoms with E-state index in [4.69, 9.17) is 11.5 Å². The summed E-state index contributed by atoms with van der Waals surface area (Å²) >= 11 is 0. The summed E-state index contributed by atoms with van der Waals surface area (Å²) in [5.74, 6) is -0.0620. The highest BCUT2D eigenvalue weighted by atomic mass is 16.3. The molecule has 7 heteroatoms. The number of aromatic nitrogens is 2. The van der Waals surface area contributed by atoms with Gasteiger partial charge in [0, 0.05) is 5.56 Å². The number of benzene rings is 2. The van der Waals surface area contributed by atoms with Crippen LogP contribution in [0.3, 0.4) is 0 Å². The molecule has 25 heavy (non-hydrogen) atoms. The van der Waals surface area contributed by atoms with Crippen molar-refractivity contribution in [1.29, 1.82) is 5.26 Å². The Balaban J connectivity index is 2.03. The summed E-state index contributed by atoms with van der Waals surface area (Å²) in [4.78, 5) is 18.7. The first-order chi connectivity index (χ1) is 12.0. The van der Waals surface area contributed by atoms with Gasteiger partial charge >= 0.3 is 0 Å². The summed E-state index contributed by atoms with van der Waals surface area (Å²) in [5.41, 5.74) is 14.3. The molecule has 0 atom stereocenters. The van der Waals surface area contributed by atoms with Gasteiger partial charge in [-0.05, 0) is 23.3 Å². The van der Waals surface area contributed by atoms with Crippen LogP contribution in [0, 0.1) is 11.3 Å². The lowest BCUT2D eigenvalue weighted by Gasteiger charge is -2.08. The number of carbonyl (C=O) groups excluding carboxylic acids is 1. The highest BCUT2D eigenvalue weighted by Gasteiger charge is 2.13. The molecule has 0 unspecified atom stereocenters. The van der Waals surface area contributed by atoms with E-state index < -0.39 is 0 Å². The van der Waals surface area contributed by atoms with E-state index in [1.165, 1.54) is 6.07 Å². The van der Waals surface area contributed by atoms with Crippen LogP contribution in [0.15, 0.2) is 42.5 Å². The third-order valence-corrected chi connectivity index (χ3v) is 3.72. The van der Waals surface area contributed by atoms with E-state index in [9.17, 15) is 15.2 Å². The van der Waals surface area contributed by atoms with Gasteiger partial charge in [0.1, 0.15) is 23.2 Å². The van der Waals surface area contributed by atoms with Crippen LogP contribution >= 0.6 is 0 Å². The van der Waals surface area contributed by atoms with E-state index in [0.717, 1.165) is 11.1 Å². The topological polar surface area (TPSA) is 139 Å². The summed E-state index contributed by atoms with van der Waals surface area (Å²) in [5, 5.41) is 19.1. The molecule has 5 N–H and O–H groups in total. The molecule has 0 aliphatic rings. The zero-order valence-corrected chi connectivity index (χ0v) is 13.0. The number of phenolic OH excluding ortho intramolecular Hbond substituents is 1. The predicted molar refractivity (Wildman–Crippen MR) is 93.5 cm³/mol. The zero-order valence-electron chi connectivity index (χ0n) is 13.0. The van der Waals surface area contributed by atoms with Crippen LogP contribution in [0.4, 0.5) is 11.8 Å². The van der Waals surface area contributed by atoms with Gasteiger partial charge in [-0.1, -0.05) is 30.3 Å². The van der Waals surface area contributed by atoms with Crippen LogP contribution < -0.4 is 11.5 Å². The molecule has 1 heterocycles. The SMILES string of the molecule is N#Cc1c(N)nc(N)nc1-c1ccc(-c2ccc(C=O)c(O)c2)cc1. The summed E-state index contributed by atoms with van der Waals surface area (Å²) in [6.07, 6.45) is 0.593. The standard InChI is InChI=1S/C18H13N5O2/c19-8-14-16(22-18(21)23-17(14)20)11-3-1-10(2-4-11)12-5-6-13(9-24)15(25)7-12/h1-7,9,25H,(H4,20,21,22,23). The van der Waals surface area contributed by atoms with Crippen molar-refractivity contribution in [1.82, 2.24) is 9.97 Å². The number of rotatable bonds is 3. The highest BCUT2D eigenvalue weighted by molar-refractivity contribution is 5.82. The number of anilines is 2. The van der Waals surface area contributed by atoms with Crippen molar-refractivity contribution in [3.8, 4) is 34.2 Å². The van der Waals surface area contributed by atoms with Gasteiger partial charge in [-0.15, -0.1) is 0 Å². The maximum atomic E-state index is 10.8. The molecule has 1 aromatic heterocycles. The molecular weight excluding hydrogens is 318 g/mol. The molecular formula is C18H13N5O2. The van der Waals surface area contributed by atoms with Crippen LogP contribution in [-0.2, 0) is 0 Å². The number of carbonyl (C=O) groups is 1. The first-order valence-corrected chi connectivity index (χ1v) is 7.25. The molecule has 0 saturated carbocycles. The fourth-order valence-corrected chi connectivity index (χ4v) is 2.46. The largest absolute Gasteiger partial charge is 0.507 e. The van der Waals surface area contributed by atoms with Crippen molar-refractivity contribution in [2.75, 3.05) is 11.5 Å². The van der Waals surface area contributed by atoms with Crippen LogP contribution in [0.2, 0.25) is 0 Å². The number of nitrogens with zero attached hydrogens (tertiary/aromatic N) is 3. The molecule has 3 aromatic rings. The third-order valence-electron chi connectivity index (χ3n) is 3.72. The first-order valence-electron chi connectivity index (χ1n) is 7.25. The Labute approximate surface area is 143 Å². The summed E-state index contributed by atoms with van der Waals surface area (Å²) in [6.45, 7) is 0. The van der Waals surface area contributed by atoms with Crippen LogP contribution in [0.25, 0.3) is 22.4 Å². The van der Waals surface area contributed by atoms with Gasteiger partial charge in [0.05, 0.1) is 11.3 Å². The second-order valence-corrected chi connectivity index (χ2v) is 5.27. The van der Waals surface area contributed by atoms with E-state index in [1.807, 2.05) is 6.07 Å². The Morgan fingerprint density at radius 1 is 1.00 bits per heavy atom. The number of hydrogen-bond acceptors (Lipinski definition) is 7. The Bertz CT molecular complexity index is 1010. The fraction of sp³-hybridized carbons (Fsp3) is 0. The second-order valence-electron chi connectivity index (χ2n) is 5.27. The van der Waals surface area contributed by atoms with Crippen molar-refractivity contribution in [2.24, 2.45) is 0 Å². The minimum Gasteiger partial charge on any atom is -0.507 e. The predicted octanol–water partition coefficient (Wildman–Crippen LogP) is 2.36. The Morgan fingerprint density at radius 2 is 1.64 bits per heavy atom. The minimum absolute atomic E-state index is 0.00931. The fourth-order valence-electron chi connectivity index (χ4n) is 2.46. The van der Waals surface area contributed by atoms with E-state index in [1.54, 1.807) is 36.4 Å². The number of phenols is 1. The Kier molecular flexibility index (Phi) is 4.02. The number of nitriles is 1. The van der Waals surface area contributed by atoms with Crippen LogP contribution in [-0.4, -0.2) is 21.4 Å². The Hall–Kier alpha value is -3.92. The highest BCUT2D eigenvalue weighted by Crippen LogP contribution is 2.30. The van der Waals surface area contributed by atoms with Gasteiger partial charge in [0.2, 0.25) is 5.95 Å². The van der Waals surface area contributed by atoms with Crippen LogP contribution in [0.5, 0.6) is 5.75 Å². The molecule has 0 aliphatic carbocycles. The second kappa shape index (κ2) is 6.29. The smallest absolute Gasteiger partial charge is 0.222 e. The Morgan fingerprint density at radius 3 is 2.24 bits per heavy atom. The quantitative estimate of drug-likeness (QED) is 0.626. The number of nitrogens with two attached hydrogens (primary N) is 2. The third kappa shape index (κ3) is 2.96. The van der Waals surface area contributed by atoms with Gasteiger partial charge in [-0.25, -0.2) is 4.98 Å². The molecule has 0 saturated heterocycles. The lowest BCUT2D eigenvalue weighted by molar-refractivity contribution is 0.112. The number of hydrogen-bond donors (Lipinski definition) is 3. The molecule has 0 radical (unpaired) electrons. The molecule has 0 fully saturated rings. The number of aromatic hydroxyl groups is 1. The first kappa shape index (κ1) is 16.0. The van der Waals surface area contributed by atoms with E-state index >= 15 is 0 Å². The van der Waals surface area contributed by atoms with Crippen molar-refractivity contribution < 1.29 is 9.90 Å². The molecule has 0 spiro atoms. The molecule has 2 aromatic carbocycles. The van der Waals surface area contributed by atoms with E-state index in [2.05, 4.69) is 9.97 Å². The molecule has 122 valence electrons. The van der Waals surface area contributed by atoms with E-state index in [0.29, 0.717) is 17.5 Å². The zero-order chi connectivity index (χ0) is 18.0. The van der Waals surface area contributed by atoms with Gasteiger partial charge in [0.25, 0.3) is 0 Å². The van der Waals surface area contributed by atoms with Crippen molar-refractivity contribution >= 4 is 18.1 Å². The van der Waals surface area contributed by atoms with Gasteiger partial charge in [-0.3, -0.25) is 4.79 Å². The molecule has 3 rings (SSSR count). The summed E-state index contributed by atoms with van der Waals surface area (Å²) in [7, 11) is 0. The van der Waals surface area contributed by atoms with Gasteiger partial charge in [-0.2, -0.15) is 10.2 Å².